The van der Waals surface area contributed by atoms with Gasteiger partial charge in [0.25, 0.3) is 6.54 Å². The molecule has 0 amide bonds. The summed E-state index contributed by atoms with van der Waals surface area (Å²) in [5.41, 5.74) is 0. The van der Waals surface area contributed by atoms with Gasteiger partial charge >= 0.3 is 5.97 Å². The first-order valence-electron chi connectivity index (χ1n) is 2.73. The van der Waals surface area contributed by atoms with Crippen LogP contribution in [0, 0.1) is 10.1 Å². The molecule has 0 atom stereocenters. The fourth-order valence-electron chi connectivity index (χ4n) is 0.383. The lowest BCUT2D eigenvalue weighted by Gasteiger charge is -1.94. The van der Waals surface area contributed by atoms with Crippen LogP contribution in [0.25, 0.3) is 0 Å². The number of hydrogen-bond donors (Lipinski definition) is 0. The Balaban J connectivity index is 4.46. The molecule has 12 heavy (non-hydrogen) atoms. The Morgan fingerprint density at radius 2 is 2.08 bits per heavy atom. The van der Waals surface area contributed by atoms with Crippen molar-refractivity contribution in [1.29, 1.82) is 0 Å². The molecular formula is C5H5F2NO4. The Hall–Kier alpha value is -1.53. The second kappa shape index (κ2) is 4.37. The van der Waals surface area contributed by atoms with Crippen molar-refractivity contribution in [3.05, 3.63) is 21.8 Å². The highest BCUT2D eigenvalue weighted by molar-refractivity contribution is 5.86. The average molecular weight is 181 g/mol. The molecule has 68 valence electrons. The van der Waals surface area contributed by atoms with Crippen LogP contribution in [-0.4, -0.2) is 24.5 Å². The van der Waals surface area contributed by atoms with Crippen LogP contribution in [0.4, 0.5) is 8.78 Å². The highest BCUT2D eigenvalue weighted by atomic mass is 19.2. The van der Waals surface area contributed by atoms with Crippen LogP contribution in [0.2, 0.25) is 0 Å². The number of nitro groups is 1. The van der Waals surface area contributed by atoms with Crippen LogP contribution in [0.15, 0.2) is 11.7 Å². The van der Waals surface area contributed by atoms with Crippen molar-refractivity contribution in [1.82, 2.24) is 0 Å². The first-order chi connectivity index (χ1) is 5.49. The van der Waals surface area contributed by atoms with E-state index in [9.17, 15) is 23.7 Å². The van der Waals surface area contributed by atoms with E-state index in [1.165, 1.54) is 0 Å². The van der Waals surface area contributed by atoms with Gasteiger partial charge in [-0.15, -0.1) is 0 Å². The molecule has 0 fully saturated rings. The third-order valence-electron chi connectivity index (χ3n) is 0.871. The molecule has 0 N–H and O–H groups in total. The van der Waals surface area contributed by atoms with E-state index in [4.69, 9.17) is 0 Å². The first kappa shape index (κ1) is 10.5. The Kier molecular flexibility index (Phi) is 3.81. The average Bonchev–Trinajstić information content (AvgIpc) is 2.00. The Labute approximate surface area is 65.8 Å². The monoisotopic (exact) mass is 181 g/mol. The molecule has 0 saturated carbocycles. The van der Waals surface area contributed by atoms with E-state index in [1.54, 1.807) is 0 Å². The third kappa shape index (κ3) is 3.04. The van der Waals surface area contributed by atoms with E-state index in [0.717, 1.165) is 7.11 Å². The molecule has 0 bridgehead atoms. The van der Waals surface area contributed by atoms with Gasteiger partial charge in [0.2, 0.25) is 11.7 Å². The van der Waals surface area contributed by atoms with Gasteiger partial charge in [-0.25, -0.2) is 9.18 Å². The van der Waals surface area contributed by atoms with Gasteiger partial charge in [-0.1, -0.05) is 0 Å². The molecular weight excluding hydrogens is 176 g/mol. The molecule has 0 aliphatic carbocycles. The summed E-state index contributed by atoms with van der Waals surface area (Å²) < 4.78 is 28.3. The maximum Gasteiger partial charge on any atom is 0.369 e. The quantitative estimate of drug-likeness (QED) is 0.276. The molecule has 0 aromatic rings. The number of carbonyl (C=O) groups excluding carboxylic acids is 1. The molecule has 0 aliphatic rings. The third-order valence-corrected chi connectivity index (χ3v) is 0.871. The molecule has 0 heterocycles. The second-order valence-electron chi connectivity index (χ2n) is 1.70. The van der Waals surface area contributed by atoms with E-state index in [0.29, 0.717) is 0 Å². The minimum absolute atomic E-state index is 0.835. The predicted molar refractivity (Wildman–Crippen MR) is 33.1 cm³/mol. The van der Waals surface area contributed by atoms with Gasteiger partial charge in [0, 0.05) is 4.92 Å². The Morgan fingerprint density at radius 1 is 1.58 bits per heavy atom. The second-order valence-corrected chi connectivity index (χ2v) is 1.70. The summed E-state index contributed by atoms with van der Waals surface area (Å²) in [5.74, 6) is -5.17. The van der Waals surface area contributed by atoms with Crippen LogP contribution >= 0.6 is 0 Å². The molecule has 0 spiro atoms. The number of ether oxygens (including phenoxy) is 1. The Morgan fingerprint density at radius 3 is 2.42 bits per heavy atom. The van der Waals surface area contributed by atoms with Crippen molar-refractivity contribution >= 4 is 5.97 Å². The van der Waals surface area contributed by atoms with E-state index in [-0.39, 0.29) is 0 Å². The zero-order valence-corrected chi connectivity index (χ0v) is 6.04. The summed E-state index contributed by atoms with van der Waals surface area (Å²) in [7, 11) is 0.835. The lowest BCUT2D eigenvalue weighted by Crippen LogP contribution is -2.08. The number of esters is 1. The largest absolute Gasteiger partial charge is 0.464 e. The smallest absolute Gasteiger partial charge is 0.369 e. The van der Waals surface area contributed by atoms with E-state index in [2.05, 4.69) is 4.74 Å². The summed E-state index contributed by atoms with van der Waals surface area (Å²) in [6.45, 7) is -1.36. The number of nitrogens with zero attached hydrogens (tertiary/aromatic N) is 1. The minimum atomic E-state index is -1.87. The number of methoxy groups -OCH3 is 1. The van der Waals surface area contributed by atoms with Crippen LogP contribution < -0.4 is 0 Å². The number of carbonyl (C=O) groups is 1. The Bertz CT molecular complexity index is 238. The SMILES string of the molecule is COC(=O)C(F)=C(F)C[N+](=O)[O-]. The van der Waals surface area contributed by atoms with Crippen LogP contribution in [0.3, 0.4) is 0 Å². The summed E-state index contributed by atoms with van der Waals surface area (Å²) in [6, 6.07) is 0. The van der Waals surface area contributed by atoms with Gasteiger partial charge < -0.3 is 4.74 Å². The zero-order valence-electron chi connectivity index (χ0n) is 6.04. The van der Waals surface area contributed by atoms with Gasteiger partial charge in [-0.2, -0.15) is 4.39 Å². The summed E-state index contributed by atoms with van der Waals surface area (Å²) in [5, 5.41) is 9.64. The molecule has 5 nitrogen and oxygen atoms in total. The molecule has 7 heteroatoms. The number of rotatable bonds is 3. The van der Waals surface area contributed by atoms with Crippen LogP contribution in [0.5, 0.6) is 0 Å². The van der Waals surface area contributed by atoms with Gasteiger partial charge in [0.15, 0.2) is 0 Å². The minimum Gasteiger partial charge on any atom is -0.464 e. The van der Waals surface area contributed by atoms with Gasteiger partial charge in [0.05, 0.1) is 7.11 Å². The molecule has 0 aliphatic heterocycles. The molecule has 0 aromatic carbocycles. The van der Waals surface area contributed by atoms with Crippen LogP contribution in [0.1, 0.15) is 0 Å². The maximum absolute atomic E-state index is 12.3. The lowest BCUT2D eigenvalue weighted by molar-refractivity contribution is -0.473. The molecule has 0 aromatic heterocycles. The van der Waals surface area contributed by atoms with Crippen LogP contribution in [-0.2, 0) is 9.53 Å². The normalized spacial score (nSPS) is 11.9. The topological polar surface area (TPSA) is 69.4 Å². The lowest BCUT2D eigenvalue weighted by atomic mass is 10.4. The highest BCUT2D eigenvalue weighted by Gasteiger charge is 2.19. The fourth-order valence-corrected chi connectivity index (χ4v) is 0.383. The fraction of sp³-hybridized carbons (Fsp3) is 0.400. The van der Waals surface area contributed by atoms with Crippen molar-refractivity contribution in [2.24, 2.45) is 0 Å². The van der Waals surface area contributed by atoms with Crippen molar-refractivity contribution in [3.8, 4) is 0 Å². The van der Waals surface area contributed by atoms with Crippen molar-refractivity contribution in [2.45, 2.75) is 0 Å². The summed E-state index contributed by atoms with van der Waals surface area (Å²) in [4.78, 5) is 18.8. The first-order valence-corrected chi connectivity index (χ1v) is 2.73. The van der Waals surface area contributed by atoms with Crippen molar-refractivity contribution in [3.63, 3.8) is 0 Å². The highest BCUT2D eigenvalue weighted by Crippen LogP contribution is 2.09. The number of hydrogen-bond acceptors (Lipinski definition) is 4. The van der Waals surface area contributed by atoms with Gasteiger partial charge in [-0.3, -0.25) is 10.1 Å². The van der Waals surface area contributed by atoms with Crippen molar-refractivity contribution < 1.29 is 23.2 Å². The van der Waals surface area contributed by atoms with Gasteiger partial charge in [-0.05, 0) is 0 Å². The zero-order chi connectivity index (χ0) is 9.72. The molecule has 0 unspecified atom stereocenters. The molecule has 0 saturated heterocycles. The number of halogens is 2. The van der Waals surface area contributed by atoms with Crippen molar-refractivity contribution in [2.75, 3.05) is 13.7 Å². The molecule has 0 radical (unpaired) electrons. The molecule has 0 rings (SSSR count). The van der Waals surface area contributed by atoms with E-state index >= 15 is 0 Å². The summed E-state index contributed by atoms with van der Waals surface area (Å²) in [6.07, 6.45) is 0. The van der Waals surface area contributed by atoms with Gasteiger partial charge in [0.1, 0.15) is 0 Å². The standard InChI is InChI=1S/C5H5F2NO4/c1-12-5(9)4(7)3(6)2-8(10)11/h2H2,1H3. The van der Waals surface area contributed by atoms with E-state index < -0.39 is 29.1 Å². The van der Waals surface area contributed by atoms with E-state index in [1.807, 2.05) is 0 Å². The maximum atomic E-state index is 12.3. The predicted octanol–water partition coefficient (Wildman–Crippen LogP) is 0.587. The summed E-state index contributed by atoms with van der Waals surface area (Å²) >= 11 is 0.